The Balaban J connectivity index is 2.24. The topological polar surface area (TPSA) is 36.9 Å². The average Bonchev–Trinajstić information content (AvgIpc) is 2.59. The standard InChI is InChI=1S/C12H17NOS/c1-10-11(5-7-14-10)15-8-4-6-12(2,3)9-13/h5,7H,4,6,8H2,1-3H3. The molecule has 0 amide bonds. The summed E-state index contributed by atoms with van der Waals surface area (Å²) in [7, 11) is 0. The molecule has 3 heteroatoms. The Labute approximate surface area is 95.7 Å². The molecule has 0 aromatic carbocycles. The van der Waals surface area contributed by atoms with Gasteiger partial charge in [-0.2, -0.15) is 5.26 Å². The van der Waals surface area contributed by atoms with Gasteiger partial charge in [-0.05, 0) is 45.4 Å². The van der Waals surface area contributed by atoms with Crippen LogP contribution >= 0.6 is 11.8 Å². The van der Waals surface area contributed by atoms with Crippen molar-refractivity contribution in [1.82, 2.24) is 0 Å². The third-order valence-corrected chi connectivity index (χ3v) is 3.54. The molecule has 82 valence electrons. The fourth-order valence-corrected chi connectivity index (χ4v) is 2.19. The van der Waals surface area contributed by atoms with Gasteiger partial charge < -0.3 is 4.42 Å². The number of furan rings is 1. The second-order valence-corrected chi connectivity index (χ2v) is 5.43. The number of thioether (sulfide) groups is 1. The molecule has 1 aromatic heterocycles. The lowest BCUT2D eigenvalue weighted by atomic mass is 9.90. The van der Waals surface area contributed by atoms with Crippen LogP contribution in [0.15, 0.2) is 21.6 Å². The summed E-state index contributed by atoms with van der Waals surface area (Å²) in [6.07, 6.45) is 3.74. The van der Waals surface area contributed by atoms with Crippen LogP contribution in [0.3, 0.4) is 0 Å². The Morgan fingerprint density at radius 2 is 2.27 bits per heavy atom. The predicted molar refractivity (Wildman–Crippen MR) is 62.8 cm³/mol. The van der Waals surface area contributed by atoms with E-state index in [1.807, 2.05) is 26.8 Å². The maximum absolute atomic E-state index is 8.85. The molecule has 0 unspecified atom stereocenters. The van der Waals surface area contributed by atoms with Crippen LogP contribution in [0.1, 0.15) is 32.4 Å². The van der Waals surface area contributed by atoms with Crippen molar-refractivity contribution in [2.75, 3.05) is 5.75 Å². The minimum absolute atomic E-state index is 0.188. The summed E-state index contributed by atoms with van der Waals surface area (Å²) >= 11 is 1.80. The molecule has 1 rings (SSSR count). The van der Waals surface area contributed by atoms with Gasteiger partial charge in [0.1, 0.15) is 5.76 Å². The van der Waals surface area contributed by atoms with Crippen molar-refractivity contribution in [2.45, 2.75) is 38.5 Å². The number of aryl methyl sites for hydroxylation is 1. The van der Waals surface area contributed by atoms with Crippen LogP contribution in [0.2, 0.25) is 0 Å². The number of hydrogen-bond acceptors (Lipinski definition) is 3. The van der Waals surface area contributed by atoms with Gasteiger partial charge in [0.15, 0.2) is 0 Å². The Morgan fingerprint density at radius 3 is 2.80 bits per heavy atom. The van der Waals surface area contributed by atoms with E-state index in [9.17, 15) is 0 Å². The summed E-state index contributed by atoms with van der Waals surface area (Å²) in [4.78, 5) is 1.21. The molecule has 0 aliphatic carbocycles. The first-order chi connectivity index (χ1) is 7.05. The third-order valence-electron chi connectivity index (χ3n) is 2.32. The molecule has 0 aliphatic rings. The number of nitrogens with zero attached hydrogens (tertiary/aromatic N) is 1. The molecule has 0 saturated heterocycles. The second kappa shape index (κ2) is 5.27. The highest BCUT2D eigenvalue weighted by molar-refractivity contribution is 7.99. The molecule has 0 bridgehead atoms. The van der Waals surface area contributed by atoms with Gasteiger partial charge in [0.25, 0.3) is 0 Å². The van der Waals surface area contributed by atoms with E-state index in [4.69, 9.17) is 9.68 Å². The van der Waals surface area contributed by atoms with E-state index < -0.39 is 0 Å². The van der Waals surface area contributed by atoms with Gasteiger partial charge in [-0.25, -0.2) is 0 Å². The fourth-order valence-electron chi connectivity index (χ4n) is 1.28. The third kappa shape index (κ3) is 4.01. The Hall–Kier alpha value is -0.880. The molecule has 0 aliphatic heterocycles. The van der Waals surface area contributed by atoms with E-state index in [-0.39, 0.29) is 5.41 Å². The van der Waals surface area contributed by atoms with Gasteiger partial charge in [-0.1, -0.05) is 0 Å². The summed E-state index contributed by atoms with van der Waals surface area (Å²) in [5, 5.41) is 8.85. The van der Waals surface area contributed by atoms with Crippen LogP contribution in [0.25, 0.3) is 0 Å². The number of nitriles is 1. The van der Waals surface area contributed by atoms with E-state index in [1.54, 1.807) is 18.0 Å². The lowest BCUT2D eigenvalue weighted by Crippen LogP contribution is -2.07. The lowest BCUT2D eigenvalue weighted by molar-refractivity contribution is 0.448. The smallest absolute Gasteiger partial charge is 0.114 e. The summed E-state index contributed by atoms with van der Waals surface area (Å²) in [6, 6.07) is 4.31. The van der Waals surface area contributed by atoms with Gasteiger partial charge >= 0.3 is 0 Å². The van der Waals surface area contributed by atoms with E-state index in [1.165, 1.54) is 4.90 Å². The number of hydrogen-bond donors (Lipinski definition) is 0. The van der Waals surface area contributed by atoms with Crippen LogP contribution in [0.5, 0.6) is 0 Å². The highest BCUT2D eigenvalue weighted by Crippen LogP contribution is 2.27. The fraction of sp³-hybridized carbons (Fsp3) is 0.583. The maximum atomic E-state index is 8.85. The monoisotopic (exact) mass is 223 g/mol. The largest absolute Gasteiger partial charge is 0.468 e. The van der Waals surface area contributed by atoms with Gasteiger partial charge in [0.05, 0.1) is 17.7 Å². The van der Waals surface area contributed by atoms with Crippen molar-refractivity contribution in [3.63, 3.8) is 0 Å². The van der Waals surface area contributed by atoms with Crippen molar-refractivity contribution in [1.29, 1.82) is 5.26 Å². The zero-order chi connectivity index (χ0) is 11.3. The highest BCUT2D eigenvalue weighted by atomic mass is 32.2. The minimum atomic E-state index is -0.188. The van der Waals surface area contributed by atoms with Crippen molar-refractivity contribution in [3.05, 3.63) is 18.1 Å². The molecule has 0 fully saturated rings. The van der Waals surface area contributed by atoms with E-state index >= 15 is 0 Å². The predicted octanol–water partition coefficient (Wildman–Crippen LogP) is 4.01. The Morgan fingerprint density at radius 1 is 1.53 bits per heavy atom. The first-order valence-corrected chi connectivity index (χ1v) is 6.12. The Bertz CT molecular complexity index is 349. The summed E-state index contributed by atoms with van der Waals surface area (Å²) in [5.74, 6) is 2.03. The zero-order valence-corrected chi connectivity index (χ0v) is 10.4. The second-order valence-electron chi connectivity index (χ2n) is 4.29. The van der Waals surface area contributed by atoms with Crippen LogP contribution in [-0.2, 0) is 0 Å². The summed E-state index contributed by atoms with van der Waals surface area (Å²) in [6.45, 7) is 5.95. The van der Waals surface area contributed by atoms with Gasteiger partial charge in [-0.15, -0.1) is 11.8 Å². The normalized spacial score (nSPS) is 11.3. The Kier molecular flexibility index (Phi) is 4.28. The van der Waals surface area contributed by atoms with Crippen molar-refractivity contribution in [3.8, 4) is 6.07 Å². The molecule has 0 radical (unpaired) electrons. The molecular weight excluding hydrogens is 206 g/mol. The molecule has 1 heterocycles. The minimum Gasteiger partial charge on any atom is -0.468 e. The quantitative estimate of drug-likeness (QED) is 0.559. The van der Waals surface area contributed by atoms with E-state index in [2.05, 4.69) is 6.07 Å². The van der Waals surface area contributed by atoms with Crippen LogP contribution in [0, 0.1) is 23.7 Å². The van der Waals surface area contributed by atoms with Crippen molar-refractivity contribution < 1.29 is 4.42 Å². The lowest BCUT2D eigenvalue weighted by Gasteiger charge is -2.13. The van der Waals surface area contributed by atoms with Crippen LogP contribution in [0.4, 0.5) is 0 Å². The molecule has 0 saturated carbocycles. The van der Waals surface area contributed by atoms with Gasteiger partial charge in [-0.3, -0.25) is 0 Å². The van der Waals surface area contributed by atoms with Crippen molar-refractivity contribution in [2.24, 2.45) is 5.41 Å². The molecule has 0 spiro atoms. The average molecular weight is 223 g/mol. The molecule has 2 nitrogen and oxygen atoms in total. The summed E-state index contributed by atoms with van der Waals surface area (Å²) < 4.78 is 5.21. The first kappa shape index (κ1) is 12.2. The van der Waals surface area contributed by atoms with Crippen LogP contribution in [-0.4, -0.2) is 5.75 Å². The van der Waals surface area contributed by atoms with E-state index in [0.717, 1.165) is 24.4 Å². The highest BCUT2D eigenvalue weighted by Gasteiger charge is 2.15. The summed E-state index contributed by atoms with van der Waals surface area (Å²) in [5.41, 5.74) is -0.188. The van der Waals surface area contributed by atoms with Crippen LogP contribution < -0.4 is 0 Å². The number of rotatable bonds is 5. The zero-order valence-electron chi connectivity index (χ0n) is 9.54. The molecule has 0 N–H and O–H groups in total. The van der Waals surface area contributed by atoms with E-state index in [0.29, 0.717) is 0 Å². The molecule has 1 aromatic rings. The molecule has 0 atom stereocenters. The molecular formula is C12H17NOS. The maximum Gasteiger partial charge on any atom is 0.114 e. The van der Waals surface area contributed by atoms with Gasteiger partial charge in [0.2, 0.25) is 0 Å². The first-order valence-electron chi connectivity index (χ1n) is 5.13. The molecule has 15 heavy (non-hydrogen) atoms. The van der Waals surface area contributed by atoms with Crippen molar-refractivity contribution >= 4 is 11.8 Å². The SMILES string of the molecule is Cc1occc1SCCCC(C)(C)C#N. The van der Waals surface area contributed by atoms with Gasteiger partial charge in [0, 0.05) is 4.90 Å².